The van der Waals surface area contributed by atoms with Gasteiger partial charge >= 0.3 is 0 Å². The molecule has 0 radical (unpaired) electrons. The van der Waals surface area contributed by atoms with Gasteiger partial charge in [-0.3, -0.25) is 4.90 Å². The van der Waals surface area contributed by atoms with Crippen molar-refractivity contribution in [2.45, 2.75) is 25.8 Å². The molecule has 1 atom stereocenters. The highest BCUT2D eigenvalue weighted by Gasteiger charge is 2.27. The maximum Gasteiger partial charge on any atom is 0.160 e. The molecule has 1 aliphatic heterocycles. The number of methoxy groups -OCH3 is 2. The Labute approximate surface area is 148 Å². The molecule has 134 valence electrons. The van der Waals surface area contributed by atoms with Gasteiger partial charge in [0.1, 0.15) is 0 Å². The molecule has 2 aromatic carbocycles. The highest BCUT2D eigenvalue weighted by molar-refractivity contribution is 5.50. The Morgan fingerprint density at radius 2 is 1.68 bits per heavy atom. The third kappa shape index (κ3) is 3.24. The van der Waals surface area contributed by atoms with Gasteiger partial charge in [-0.15, -0.1) is 0 Å². The van der Waals surface area contributed by atoms with Gasteiger partial charge < -0.3 is 19.7 Å². The Morgan fingerprint density at radius 1 is 1.04 bits per heavy atom. The fourth-order valence-electron chi connectivity index (χ4n) is 3.58. The molecule has 0 spiro atoms. The minimum absolute atomic E-state index is 0.132. The molecule has 1 unspecified atom stereocenters. The Hall–Kier alpha value is -2.40. The van der Waals surface area contributed by atoms with E-state index in [1.807, 2.05) is 25.1 Å². The molecule has 2 aromatic rings. The second-order valence-electron chi connectivity index (χ2n) is 6.62. The number of likely N-dealkylation sites (N-methyl/N-ethyl adjacent to an activating group) is 1. The summed E-state index contributed by atoms with van der Waals surface area (Å²) in [6, 6.07) is 7.52. The predicted octanol–water partition coefficient (Wildman–Crippen LogP) is 3.20. The molecule has 0 saturated carbocycles. The van der Waals surface area contributed by atoms with Crippen LogP contribution in [-0.2, 0) is 12.8 Å². The third-order valence-electron chi connectivity index (χ3n) is 5.12. The van der Waals surface area contributed by atoms with Crippen LogP contribution >= 0.6 is 0 Å². The number of nitrogens with zero attached hydrogens (tertiary/aromatic N) is 1. The maximum absolute atomic E-state index is 10.2. The van der Waals surface area contributed by atoms with Gasteiger partial charge in [-0.25, -0.2) is 0 Å². The molecule has 0 aromatic heterocycles. The van der Waals surface area contributed by atoms with Crippen molar-refractivity contribution in [1.29, 1.82) is 0 Å². The molecule has 0 saturated heterocycles. The van der Waals surface area contributed by atoms with Gasteiger partial charge in [0.15, 0.2) is 23.0 Å². The predicted molar refractivity (Wildman–Crippen MR) is 96.8 cm³/mol. The van der Waals surface area contributed by atoms with Crippen LogP contribution in [0.3, 0.4) is 0 Å². The van der Waals surface area contributed by atoms with Crippen LogP contribution in [0.4, 0.5) is 0 Å². The molecule has 2 N–H and O–H groups in total. The topological polar surface area (TPSA) is 62.2 Å². The van der Waals surface area contributed by atoms with Gasteiger partial charge in [0.25, 0.3) is 0 Å². The van der Waals surface area contributed by atoms with E-state index in [-0.39, 0.29) is 17.5 Å². The summed E-state index contributed by atoms with van der Waals surface area (Å²) in [5.41, 5.74) is 4.46. The molecule has 3 rings (SSSR count). The van der Waals surface area contributed by atoms with Crippen LogP contribution in [0.1, 0.15) is 28.3 Å². The minimum Gasteiger partial charge on any atom is -0.504 e. The van der Waals surface area contributed by atoms with Crippen LogP contribution in [0, 0.1) is 6.92 Å². The highest BCUT2D eigenvalue weighted by Crippen LogP contribution is 2.39. The van der Waals surface area contributed by atoms with E-state index in [1.165, 1.54) is 5.56 Å². The second kappa shape index (κ2) is 6.84. The summed E-state index contributed by atoms with van der Waals surface area (Å²) in [6.45, 7) is 2.96. The van der Waals surface area contributed by atoms with Gasteiger partial charge in [0.2, 0.25) is 0 Å². The van der Waals surface area contributed by atoms with Crippen LogP contribution in [-0.4, -0.2) is 42.9 Å². The van der Waals surface area contributed by atoms with Crippen molar-refractivity contribution in [3.8, 4) is 23.0 Å². The normalized spacial score (nSPS) is 17.2. The molecule has 1 heterocycles. The minimum atomic E-state index is 0.132. The number of rotatable bonds is 4. The van der Waals surface area contributed by atoms with E-state index in [1.54, 1.807) is 20.3 Å². The van der Waals surface area contributed by atoms with Gasteiger partial charge in [0, 0.05) is 12.6 Å². The third-order valence-corrected chi connectivity index (χ3v) is 5.12. The number of ether oxygens (including phenoxy) is 2. The lowest BCUT2D eigenvalue weighted by Gasteiger charge is -2.35. The monoisotopic (exact) mass is 343 g/mol. The van der Waals surface area contributed by atoms with Crippen molar-refractivity contribution in [3.05, 3.63) is 46.5 Å². The molecule has 0 amide bonds. The van der Waals surface area contributed by atoms with E-state index >= 15 is 0 Å². The van der Waals surface area contributed by atoms with E-state index in [4.69, 9.17) is 9.47 Å². The van der Waals surface area contributed by atoms with Crippen molar-refractivity contribution < 1.29 is 19.7 Å². The van der Waals surface area contributed by atoms with Crippen molar-refractivity contribution in [2.75, 3.05) is 27.8 Å². The molecule has 5 nitrogen and oxygen atoms in total. The molecule has 0 fully saturated rings. The number of hydrogen-bond acceptors (Lipinski definition) is 5. The van der Waals surface area contributed by atoms with Crippen molar-refractivity contribution >= 4 is 0 Å². The van der Waals surface area contributed by atoms with Crippen LogP contribution in [0.2, 0.25) is 0 Å². The number of hydrogen-bond donors (Lipinski definition) is 2. The van der Waals surface area contributed by atoms with Gasteiger partial charge in [-0.2, -0.15) is 0 Å². The molecule has 5 heteroatoms. The summed E-state index contributed by atoms with van der Waals surface area (Å²) in [7, 11) is 5.21. The fraction of sp³-hybridized carbons (Fsp3) is 0.400. The fourth-order valence-corrected chi connectivity index (χ4v) is 3.58. The molecule has 0 bridgehead atoms. The second-order valence-corrected chi connectivity index (χ2v) is 6.62. The number of aryl methyl sites for hydroxylation is 1. The largest absolute Gasteiger partial charge is 0.504 e. The first kappa shape index (κ1) is 17.4. The summed E-state index contributed by atoms with van der Waals surface area (Å²) >= 11 is 0. The lowest BCUT2D eigenvalue weighted by molar-refractivity contribution is 0.227. The Kier molecular flexibility index (Phi) is 4.77. The first-order valence-electron chi connectivity index (χ1n) is 8.41. The summed E-state index contributed by atoms with van der Waals surface area (Å²) in [5.74, 6) is 1.32. The SMILES string of the molecule is COc1cc(C)c(CC2c3cc(O)c(OC)cc3CCN2C)cc1O. The van der Waals surface area contributed by atoms with E-state index in [0.29, 0.717) is 11.5 Å². The standard InChI is InChI=1S/C20H25NO4/c1-12-7-19(24-3)17(22)9-14(12)8-16-15-11-18(23)20(25-4)10-13(15)5-6-21(16)2/h7,9-11,16,22-23H,5-6,8H2,1-4H3. The summed E-state index contributed by atoms with van der Waals surface area (Å²) in [5, 5.41) is 20.3. The van der Waals surface area contributed by atoms with Crippen LogP contribution in [0.5, 0.6) is 23.0 Å². The zero-order chi connectivity index (χ0) is 18.1. The molecule has 1 aliphatic rings. The van der Waals surface area contributed by atoms with E-state index in [0.717, 1.165) is 36.1 Å². The van der Waals surface area contributed by atoms with Gasteiger partial charge in [-0.1, -0.05) is 0 Å². The van der Waals surface area contributed by atoms with E-state index in [9.17, 15) is 10.2 Å². The molecular formula is C20H25NO4. The Bertz CT molecular complexity index is 788. The zero-order valence-corrected chi connectivity index (χ0v) is 15.2. The summed E-state index contributed by atoms with van der Waals surface area (Å²) < 4.78 is 10.4. The molecule has 25 heavy (non-hydrogen) atoms. The van der Waals surface area contributed by atoms with Crippen molar-refractivity contribution in [2.24, 2.45) is 0 Å². The number of phenols is 2. The number of benzene rings is 2. The average Bonchev–Trinajstić information content (AvgIpc) is 2.59. The Morgan fingerprint density at radius 3 is 2.36 bits per heavy atom. The summed E-state index contributed by atoms with van der Waals surface area (Å²) in [4.78, 5) is 2.29. The average molecular weight is 343 g/mol. The first-order valence-corrected chi connectivity index (χ1v) is 8.41. The molecular weight excluding hydrogens is 318 g/mol. The van der Waals surface area contributed by atoms with E-state index in [2.05, 4.69) is 11.9 Å². The van der Waals surface area contributed by atoms with Crippen LogP contribution < -0.4 is 9.47 Å². The quantitative estimate of drug-likeness (QED) is 0.893. The highest BCUT2D eigenvalue weighted by atomic mass is 16.5. The maximum atomic E-state index is 10.2. The summed E-state index contributed by atoms with van der Waals surface area (Å²) in [6.07, 6.45) is 1.67. The molecule has 0 aliphatic carbocycles. The van der Waals surface area contributed by atoms with Gasteiger partial charge in [-0.05, 0) is 73.3 Å². The van der Waals surface area contributed by atoms with Crippen molar-refractivity contribution in [3.63, 3.8) is 0 Å². The Balaban J connectivity index is 1.99. The smallest absolute Gasteiger partial charge is 0.160 e. The number of aromatic hydroxyl groups is 2. The lowest BCUT2D eigenvalue weighted by Crippen LogP contribution is -2.33. The number of fused-ring (bicyclic) bond motifs is 1. The van der Waals surface area contributed by atoms with Crippen LogP contribution in [0.15, 0.2) is 24.3 Å². The van der Waals surface area contributed by atoms with Gasteiger partial charge in [0.05, 0.1) is 14.2 Å². The van der Waals surface area contributed by atoms with Crippen molar-refractivity contribution in [1.82, 2.24) is 4.90 Å². The lowest BCUT2D eigenvalue weighted by atomic mass is 9.87. The van der Waals surface area contributed by atoms with Crippen LogP contribution in [0.25, 0.3) is 0 Å². The first-order chi connectivity index (χ1) is 11.9. The number of phenolic OH excluding ortho intramolecular Hbond substituents is 2. The zero-order valence-electron chi connectivity index (χ0n) is 15.2. The van der Waals surface area contributed by atoms with E-state index < -0.39 is 0 Å².